The molecule has 106 valence electrons. The maximum Gasteiger partial charge on any atom is 0.458 e. The van der Waals surface area contributed by atoms with Crippen molar-refractivity contribution in [1.82, 2.24) is 0 Å². The van der Waals surface area contributed by atoms with Crippen LogP contribution in [0.25, 0.3) is 0 Å². The molecular formula is C13H13F5O. The van der Waals surface area contributed by atoms with Crippen LogP contribution >= 0.6 is 0 Å². The number of rotatable bonds is 6. The molecule has 1 aromatic carbocycles. The van der Waals surface area contributed by atoms with Gasteiger partial charge < -0.3 is 4.79 Å². The number of unbranched alkanes of at least 4 members (excludes halogenated alkanes) is 2. The summed E-state index contributed by atoms with van der Waals surface area (Å²) < 4.78 is 62.3. The van der Waals surface area contributed by atoms with Gasteiger partial charge >= 0.3 is 12.1 Å². The Morgan fingerprint density at radius 3 is 2.00 bits per heavy atom. The molecule has 0 radical (unpaired) electrons. The minimum Gasteiger partial charge on any atom is -0.303 e. The van der Waals surface area contributed by atoms with Gasteiger partial charge in [-0.05, 0) is 24.8 Å². The molecule has 0 aromatic heterocycles. The molecule has 0 aliphatic rings. The molecule has 0 saturated carbocycles. The van der Waals surface area contributed by atoms with Crippen LogP contribution < -0.4 is 0 Å². The van der Waals surface area contributed by atoms with Gasteiger partial charge in [0.05, 0.1) is 0 Å². The fourth-order valence-electron chi connectivity index (χ4n) is 1.60. The first-order valence-corrected chi connectivity index (χ1v) is 5.76. The van der Waals surface area contributed by atoms with E-state index in [4.69, 9.17) is 0 Å². The third kappa shape index (κ3) is 4.01. The molecular weight excluding hydrogens is 267 g/mol. The fraction of sp³-hybridized carbons (Fsp3) is 0.462. The number of hydrogen-bond acceptors (Lipinski definition) is 1. The van der Waals surface area contributed by atoms with Crippen molar-refractivity contribution in [3.05, 3.63) is 35.4 Å². The van der Waals surface area contributed by atoms with Gasteiger partial charge in [0.15, 0.2) is 0 Å². The zero-order valence-corrected chi connectivity index (χ0v) is 10.0. The summed E-state index contributed by atoms with van der Waals surface area (Å²) in [5.74, 6) is -4.83. The SMILES string of the molecule is O=CCCCCc1ccc(C(F)(F)C(F)(F)F)cc1. The van der Waals surface area contributed by atoms with Crippen LogP contribution in [0, 0.1) is 0 Å². The van der Waals surface area contributed by atoms with Gasteiger partial charge in [-0.1, -0.05) is 24.3 Å². The number of aldehydes is 1. The molecule has 1 nitrogen and oxygen atoms in total. The summed E-state index contributed by atoms with van der Waals surface area (Å²) in [5, 5.41) is 0. The minimum absolute atomic E-state index is 0.421. The summed E-state index contributed by atoms with van der Waals surface area (Å²) in [6, 6.07) is 4.11. The van der Waals surface area contributed by atoms with E-state index in [1.807, 2.05) is 0 Å². The second-order valence-electron chi connectivity index (χ2n) is 4.18. The van der Waals surface area contributed by atoms with E-state index in [1.54, 1.807) is 0 Å². The van der Waals surface area contributed by atoms with E-state index < -0.39 is 17.7 Å². The van der Waals surface area contributed by atoms with Crippen LogP contribution in [0.15, 0.2) is 24.3 Å². The van der Waals surface area contributed by atoms with E-state index in [0.717, 1.165) is 18.4 Å². The molecule has 19 heavy (non-hydrogen) atoms. The van der Waals surface area contributed by atoms with Gasteiger partial charge in [0.25, 0.3) is 0 Å². The predicted molar refractivity (Wildman–Crippen MR) is 60.0 cm³/mol. The Balaban J connectivity index is 2.69. The lowest BCUT2D eigenvalue weighted by atomic mass is 10.0. The number of benzene rings is 1. The van der Waals surface area contributed by atoms with Crippen molar-refractivity contribution < 1.29 is 26.7 Å². The first-order valence-electron chi connectivity index (χ1n) is 5.76. The highest BCUT2D eigenvalue weighted by molar-refractivity contribution is 5.48. The topological polar surface area (TPSA) is 17.1 Å². The largest absolute Gasteiger partial charge is 0.458 e. The van der Waals surface area contributed by atoms with Crippen molar-refractivity contribution in [2.75, 3.05) is 0 Å². The summed E-state index contributed by atoms with van der Waals surface area (Å²) in [5.41, 5.74) is -0.385. The second-order valence-corrected chi connectivity index (χ2v) is 4.18. The standard InChI is InChI=1S/C13H13F5O/c14-12(15,13(16,17)18)11-7-5-10(6-8-11)4-2-1-3-9-19/h5-9H,1-4H2. The van der Waals surface area contributed by atoms with Gasteiger partial charge in [0, 0.05) is 12.0 Å². The lowest BCUT2D eigenvalue weighted by Crippen LogP contribution is -2.33. The van der Waals surface area contributed by atoms with Crippen LogP contribution in [0.4, 0.5) is 22.0 Å². The predicted octanol–water partition coefficient (Wildman–Crippen LogP) is 4.25. The smallest absolute Gasteiger partial charge is 0.303 e. The van der Waals surface area contributed by atoms with E-state index in [0.29, 0.717) is 31.2 Å². The van der Waals surface area contributed by atoms with Crippen LogP contribution in [0.1, 0.15) is 30.4 Å². The molecule has 0 N–H and O–H groups in total. The quantitative estimate of drug-likeness (QED) is 0.432. The van der Waals surface area contributed by atoms with Crippen molar-refractivity contribution in [3.63, 3.8) is 0 Å². The summed E-state index contributed by atoms with van der Waals surface area (Å²) >= 11 is 0. The molecule has 1 rings (SSSR count). The van der Waals surface area contributed by atoms with Crippen LogP contribution in [0.5, 0.6) is 0 Å². The molecule has 0 atom stereocenters. The third-order valence-corrected chi connectivity index (χ3v) is 2.71. The molecule has 0 heterocycles. The van der Waals surface area contributed by atoms with E-state index in [1.165, 1.54) is 12.1 Å². The monoisotopic (exact) mass is 280 g/mol. The first kappa shape index (κ1) is 15.6. The molecule has 0 unspecified atom stereocenters. The highest BCUT2D eigenvalue weighted by Gasteiger charge is 2.58. The van der Waals surface area contributed by atoms with E-state index in [-0.39, 0.29) is 0 Å². The average molecular weight is 280 g/mol. The zero-order chi connectivity index (χ0) is 14.5. The maximum atomic E-state index is 13.0. The maximum absolute atomic E-state index is 13.0. The third-order valence-electron chi connectivity index (χ3n) is 2.71. The Morgan fingerprint density at radius 2 is 1.53 bits per heavy atom. The number of hydrogen-bond donors (Lipinski definition) is 0. The fourth-order valence-corrected chi connectivity index (χ4v) is 1.60. The lowest BCUT2D eigenvalue weighted by molar-refractivity contribution is -0.289. The van der Waals surface area contributed by atoms with Crippen molar-refractivity contribution in [2.45, 2.75) is 37.8 Å². The van der Waals surface area contributed by atoms with Crippen LogP contribution in [0.3, 0.4) is 0 Å². The number of halogens is 5. The highest BCUT2D eigenvalue weighted by atomic mass is 19.4. The molecule has 1 aromatic rings. The van der Waals surface area contributed by atoms with E-state index in [2.05, 4.69) is 0 Å². The van der Waals surface area contributed by atoms with Crippen LogP contribution in [-0.4, -0.2) is 12.5 Å². The average Bonchev–Trinajstić information content (AvgIpc) is 2.34. The molecule has 0 aliphatic carbocycles. The van der Waals surface area contributed by atoms with Crippen molar-refractivity contribution in [3.8, 4) is 0 Å². The minimum atomic E-state index is -5.58. The Hall–Kier alpha value is -1.46. The normalized spacial score (nSPS) is 12.5. The van der Waals surface area contributed by atoms with Crippen molar-refractivity contribution in [1.29, 1.82) is 0 Å². The number of carbonyl (C=O) groups is 1. The molecule has 0 aliphatic heterocycles. The van der Waals surface area contributed by atoms with E-state index >= 15 is 0 Å². The molecule has 6 heteroatoms. The van der Waals surface area contributed by atoms with Gasteiger partial charge in [0.1, 0.15) is 6.29 Å². The van der Waals surface area contributed by atoms with Gasteiger partial charge in [0.2, 0.25) is 0 Å². The van der Waals surface area contributed by atoms with Crippen LogP contribution in [0.2, 0.25) is 0 Å². The second kappa shape index (κ2) is 6.12. The molecule has 0 bridgehead atoms. The number of aryl methyl sites for hydroxylation is 1. The summed E-state index contributed by atoms with van der Waals surface area (Å²) in [6.45, 7) is 0. The van der Waals surface area contributed by atoms with Gasteiger partial charge in [-0.25, -0.2) is 0 Å². The Labute approximate surface area is 107 Å². The zero-order valence-electron chi connectivity index (χ0n) is 10.0. The molecule has 0 fully saturated rings. The first-order chi connectivity index (χ1) is 8.79. The van der Waals surface area contributed by atoms with Crippen molar-refractivity contribution in [2.24, 2.45) is 0 Å². The lowest BCUT2D eigenvalue weighted by Gasteiger charge is -2.19. The molecule has 0 spiro atoms. The highest BCUT2D eigenvalue weighted by Crippen LogP contribution is 2.43. The Kier molecular flexibility index (Phi) is 5.03. The molecule has 0 amide bonds. The number of carbonyl (C=O) groups excluding carboxylic acids is 1. The summed E-state index contributed by atoms with van der Waals surface area (Å²) in [6.07, 6.45) is -2.47. The van der Waals surface area contributed by atoms with Gasteiger partial charge in [-0.2, -0.15) is 22.0 Å². The Bertz CT molecular complexity index is 408. The van der Waals surface area contributed by atoms with Crippen molar-refractivity contribution >= 4 is 6.29 Å². The number of alkyl halides is 5. The van der Waals surface area contributed by atoms with Gasteiger partial charge in [-0.15, -0.1) is 0 Å². The summed E-state index contributed by atoms with van der Waals surface area (Å²) in [4.78, 5) is 10.1. The molecule has 0 saturated heterocycles. The van der Waals surface area contributed by atoms with E-state index in [9.17, 15) is 26.7 Å². The van der Waals surface area contributed by atoms with Gasteiger partial charge in [-0.3, -0.25) is 0 Å². The van der Waals surface area contributed by atoms with Crippen LogP contribution in [-0.2, 0) is 17.1 Å². The Morgan fingerprint density at radius 1 is 0.947 bits per heavy atom. The summed E-state index contributed by atoms with van der Waals surface area (Å²) in [7, 11) is 0.